The summed E-state index contributed by atoms with van der Waals surface area (Å²) in [6, 6.07) is 11.2. The minimum absolute atomic E-state index is 0.239. The summed E-state index contributed by atoms with van der Waals surface area (Å²) in [5.41, 5.74) is -1.53. The monoisotopic (exact) mass is 402 g/mol. The van der Waals surface area contributed by atoms with E-state index in [1.165, 1.54) is 22.8 Å². The van der Waals surface area contributed by atoms with E-state index in [9.17, 15) is 22.8 Å². The molecule has 8 heteroatoms. The molecule has 0 unspecified atom stereocenters. The second kappa shape index (κ2) is 8.22. The number of ether oxygens (including phenoxy) is 1. The van der Waals surface area contributed by atoms with Crippen LogP contribution in [0.1, 0.15) is 5.56 Å². The number of rotatable bonds is 6. The molecule has 0 aliphatic heterocycles. The van der Waals surface area contributed by atoms with Gasteiger partial charge >= 0.3 is 6.18 Å². The van der Waals surface area contributed by atoms with Gasteiger partial charge in [0.25, 0.3) is 11.5 Å². The van der Waals surface area contributed by atoms with Gasteiger partial charge in [0.1, 0.15) is 5.75 Å². The maximum atomic E-state index is 13.0. The number of fused-ring (bicyclic) bond motifs is 1. The lowest BCUT2D eigenvalue weighted by molar-refractivity contribution is -0.137. The van der Waals surface area contributed by atoms with E-state index in [1.807, 2.05) is 0 Å². The van der Waals surface area contributed by atoms with Crippen LogP contribution in [-0.4, -0.2) is 17.1 Å². The molecule has 3 rings (SSSR count). The van der Waals surface area contributed by atoms with E-state index >= 15 is 0 Å². The van der Waals surface area contributed by atoms with E-state index < -0.39 is 24.3 Å². The van der Waals surface area contributed by atoms with Gasteiger partial charge in [0.15, 0.2) is 6.61 Å². The average molecular weight is 402 g/mol. The highest BCUT2D eigenvalue weighted by atomic mass is 19.4. The van der Waals surface area contributed by atoms with Crippen molar-refractivity contribution in [2.24, 2.45) is 0 Å². The van der Waals surface area contributed by atoms with Gasteiger partial charge in [-0.1, -0.05) is 24.3 Å². The van der Waals surface area contributed by atoms with Crippen molar-refractivity contribution >= 4 is 22.4 Å². The number of aromatic nitrogens is 1. The van der Waals surface area contributed by atoms with Gasteiger partial charge in [-0.05, 0) is 30.3 Å². The quantitative estimate of drug-likeness (QED) is 0.628. The maximum absolute atomic E-state index is 13.0. The first-order valence-corrected chi connectivity index (χ1v) is 8.63. The van der Waals surface area contributed by atoms with Gasteiger partial charge in [0.2, 0.25) is 0 Å². The van der Waals surface area contributed by atoms with Crippen molar-refractivity contribution in [3.8, 4) is 5.75 Å². The highest BCUT2D eigenvalue weighted by Gasteiger charge is 2.33. The molecule has 1 amide bonds. The van der Waals surface area contributed by atoms with Crippen molar-refractivity contribution in [1.29, 1.82) is 0 Å². The van der Waals surface area contributed by atoms with Crippen molar-refractivity contribution in [3.05, 3.63) is 83.3 Å². The van der Waals surface area contributed by atoms with Gasteiger partial charge in [-0.25, -0.2) is 0 Å². The second-order valence-electron chi connectivity index (χ2n) is 6.16. The Labute approximate surface area is 164 Å². The number of alkyl halides is 3. The van der Waals surface area contributed by atoms with E-state index in [2.05, 4.69) is 11.9 Å². The van der Waals surface area contributed by atoms with E-state index in [0.29, 0.717) is 17.3 Å². The minimum Gasteiger partial charge on any atom is -0.483 e. The molecular weight excluding hydrogens is 385 g/mol. The minimum atomic E-state index is -4.59. The van der Waals surface area contributed by atoms with Crippen molar-refractivity contribution in [2.75, 3.05) is 11.9 Å². The van der Waals surface area contributed by atoms with Gasteiger partial charge in [-0.3, -0.25) is 9.59 Å². The number of benzene rings is 2. The molecule has 0 spiro atoms. The molecule has 0 saturated carbocycles. The lowest BCUT2D eigenvalue weighted by Crippen LogP contribution is -2.23. The Morgan fingerprint density at radius 1 is 1.10 bits per heavy atom. The van der Waals surface area contributed by atoms with Crippen LogP contribution in [0.5, 0.6) is 5.75 Å². The number of carbonyl (C=O) groups is 1. The smallest absolute Gasteiger partial charge is 0.418 e. The highest BCUT2D eigenvalue weighted by Crippen LogP contribution is 2.34. The normalized spacial score (nSPS) is 11.3. The fraction of sp³-hybridized carbons (Fsp3) is 0.143. The molecule has 29 heavy (non-hydrogen) atoms. The summed E-state index contributed by atoms with van der Waals surface area (Å²) in [5, 5.41) is 3.11. The summed E-state index contributed by atoms with van der Waals surface area (Å²) in [4.78, 5) is 24.6. The molecule has 0 fully saturated rings. The van der Waals surface area contributed by atoms with Crippen LogP contribution in [0.3, 0.4) is 0 Å². The molecule has 0 radical (unpaired) electrons. The van der Waals surface area contributed by atoms with Crippen LogP contribution in [0.4, 0.5) is 18.9 Å². The summed E-state index contributed by atoms with van der Waals surface area (Å²) in [7, 11) is 0. The second-order valence-corrected chi connectivity index (χ2v) is 6.16. The first-order chi connectivity index (χ1) is 13.8. The molecular formula is C21H17F3N2O3. The Balaban J connectivity index is 1.78. The third-order valence-electron chi connectivity index (χ3n) is 4.17. The molecule has 0 aliphatic carbocycles. The zero-order valence-corrected chi connectivity index (χ0v) is 15.2. The molecule has 1 heterocycles. The number of pyridine rings is 1. The number of anilines is 1. The number of halogens is 3. The molecule has 0 bridgehead atoms. The topological polar surface area (TPSA) is 60.3 Å². The van der Waals surface area contributed by atoms with Crippen LogP contribution >= 0.6 is 0 Å². The van der Waals surface area contributed by atoms with E-state index in [-0.39, 0.29) is 17.0 Å². The first-order valence-electron chi connectivity index (χ1n) is 8.63. The van der Waals surface area contributed by atoms with Crippen molar-refractivity contribution in [3.63, 3.8) is 0 Å². The van der Waals surface area contributed by atoms with Crippen LogP contribution in [0, 0.1) is 0 Å². The number of para-hydroxylation sites is 1. The Hall–Kier alpha value is -3.55. The van der Waals surface area contributed by atoms with Crippen LogP contribution in [-0.2, 0) is 17.5 Å². The predicted molar refractivity (Wildman–Crippen MR) is 104 cm³/mol. The van der Waals surface area contributed by atoms with Gasteiger partial charge in [0.05, 0.1) is 16.6 Å². The third kappa shape index (κ3) is 4.48. The van der Waals surface area contributed by atoms with Gasteiger partial charge < -0.3 is 14.6 Å². The zero-order valence-electron chi connectivity index (χ0n) is 15.2. The maximum Gasteiger partial charge on any atom is 0.418 e. The van der Waals surface area contributed by atoms with Gasteiger partial charge in [0, 0.05) is 18.1 Å². The molecule has 0 aliphatic rings. The van der Waals surface area contributed by atoms with Crippen molar-refractivity contribution in [1.82, 2.24) is 4.57 Å². The zero-order chi connectivity index (χ0) is 21.0. The average Bonchev–Trinajstić information content (AvgIpc) is 2.68. The van der Waals surface area contributed by atoms with Crippen LogP contribution < -0.4 is 15.6 Å². The number of amides is 1. The number of hydrogen-bond acceptors (Lipinski definition) is 3. The van der Waals surface area contributed by atoms with Gasteiger partial charge in [-0.15, -0.1) is 6.58 Å². The van der Waals surface area contributed by atoms with E-state index in [0.717, 1.165) is 6.07 Å². The predicted octanol–water partition coefficient (Wildman–Crippen LogP) is 4.22. The SMILES string of the molecule is C=CCn1ccc2c(OCC(=O)Nc3ccccc3C(F)(F)F)cccc2c1=O. The van der Waals surface area contributed by atoms with E-state index in [1.54, 1.807) is 36.5 Å². The van der Waals surface area contributed by atoms with Crippen LogP contribution in [0.15, 0.2) is 72.2 Å². The summed E-state index contributed by atoms with van der Waals surface area (Å²) in [6.07, 6.45) is -1.42. The summed E-state index contributed by atoms with van der Waals surface area (Å²) in [6.45, 7) is 3.44. The highest BCUT2D eigenvalue weighted by molar-refractivity contribution is 5.93. The fourth-order valence-corrected chi connectivity index (χ4v) is 2.87. The third-order valence-corrected chi connectivity index (χ3v) is 4.17. The largest absolute Gasteiger partial charge is 0.483 e. The Morgan fingerprint density at radius 2 is 1.86 bits per heavy atom. The van der Waals surface area contributed by atoms with E-state index in [4.69, 9.17) is 4.74 Å². The fourth-order valence-electron chi connectivity index (χ4n) is 2.87. The Kier molecular flexibility index (Phi) is 5.72. The Morgan fingerprint density at radius 3 is 2.59 bits per heavy atom. The number of carbonyl (C=O) groups excluding carboxylic acids is 1. The molecule has 5 nitrogen and oxygen atoms in total. The number of nitrogens with one attached hydrogen (secondary N) is 1. The standard InChI is InChI=1S/C21H17F3N2O3/c1-2-11-26-12-10-14-15(20(26)28)6-5-9-18(14)29-13-19(27)25-17-8-4-3-7-16(17)21(22,23)24/h2-10,12H,1,11,13H2,(H,25,27). The molecule has 1 N–H and O–H groups in total. The van der Waals surface area contributed by atoms with Gasteiger partial charge in [-0.2, -0.15) is 13.2 Å². The summed E-state index contributed by atoms with van der Waals surface area (Å²) in [5.74, 6) is -0.469. The summed E-state index contributed by atoms with van der Waals surface area (Å²) >= 11 is 0. The summed E-state index contributed by atoms with van der Waals surface area (Å²) < 4.78 is 46.0. The van der Waals surface area contributed by atoms with Crippen LogP contribution in [0.2, 0.25) is 0 Å². The Bertz CT molecular complexity index is 1120. The molecule has 1 aromatic heterocycles. The van der Waals surface area contributed by atoms with Crippen LogP contribution in [0.25, 0.3) is 10.8 Å². The lowest BCUT2D eigenvalue weighted by atomic mass is 10.1. The van der Waals surface area contributed by atoms with Crippen molar-refractivity contribution in [2.45, 2.75) is 12.7 Å². The molecule has 2 aromatic carbocycles. The number of hydrogen-bond donors (Lipinski definition) is 1. The van der Waals surface area contributed by atoms with Crippen molar-refractivity contribution < 1.29 is 22.7 Å². The molecule has 0 saturated heterocycles. The molecule has 150 valence electrons. The number of allylic oxidation sites excluding steroid dienone is 1. The number of nitrogens with zero attached hydrogens (tertiary/aromatic N) is 1. The first kappa shape index (κ1) is 20.2. The molecule has 3 aromatic rings. The lowest BCUT2D eigenvalue weighted by Gasteiger charge is -2.14. The molecule has 0 atom stereocenters.